The van der Waals surface area contributed by atoms with Crippen molar-refractivity contribution in [1.82, 2.24) is 35.4 Å². The number of nitrogens with zero attached hydrogens (tertiary/aromatic N) is 6. The number of benzene rings is 2. The monoisotopic (exact) mass is 1090 g/mol. The zero-order valence-electron chi connectivity index (χ0n) is 43.9. The zero-order chi connectivity index (χ0) is 53.5. The molecule has 404 valence electrons. The van der Waals surface area contributed by atoms with E-state index in [1.165, 1.54) is 11.8 Å². The van der Waals surface area contributed by atoms with Crippen molar-refractivity contribution in [2.24, 2.45) is 17.1 Å². The highest BCUT2D eigenvalue weighted by Gasteiger charge is 2.53. The molecule has 2 aromatic heterocycles. The van der Waals surface area contributed by atoms with Crippen LogP contribution in [0.15, 0.2) is 64.2 Å². The number of nitrogens with two attached hydrogens (primary N) is 1. The molecule has 4 fully saturated rings. The van der Waals surface area contributed by atoms with Crippen LogP contribution in [0.5, 0.6) is 5.75 Å². The standard InChI is InChI=1S/C55H72ClFN10O6S2/c1-6-53(3,4)49(64-52(72)55(57)19-20-55)51(71)67-24-9-14-40(67)50(70)61-31-38-17-16-37(48-35(2)62-34-74-48)29-41(38)73-28-10-12-36-11-8-23-66(25-18-36)46(69)30-44(68)63-39-13-7-15-42(47(39)56)75-45-33-59-43(32-60-45)65-26-21-54(5,58)22-27-65/h7,13,15-17,29,32-34,36,40,49H,6,8-12,14,18-28,30-31,58H2,1-5H3,(H,61,70)(H,63,68)(H,64,72)/t36?,40?,49-/m1/s1. The summed E-state index contributed by atoms with van der Waals surface area (Å²) in [7, 11) is 0. The number of aromatic nitrogens is 3. The molecule has 5 N–H and O–H groups in total. The zero-order valence-corrected chi connectivity index (χ0v) is 46.2. The number of aryl methyl sites for hydroxylation is 1. The molecule has 4 aliphatic rings. The minimum atomic E-state index is -1.93. The van der Waals surface area contributed by atoms with Crippen LogP contribution in [0.25, 0.3) is 10.4 Å². The van der Waals surface area contributed by atoms with Crippen molar-refractivity contribution >= 4 is 75.7 Å². The van der Waals surface area contributed by atoms with E-state index in [9.17, 15) is 28.4 Å². The molecule has 0 spiro atoms. The van der Waals surface area contributed by atoms with Crippen molar-refractivity contribution in [1.29, 1.82) is 0 Å². The Morgan fingerprint density at radius 2 is 1.76 bits per heavy atom. The Kier molecular flexibility index (Phi) is 18.1. The van der Waals surface area contributed by atoms with E-state index in [-0.39, 0.29) is 49.1 Å². The Labute approximate surface area is 453 Å². The molecular formula is C55H72ClFN10O6S2. The molecule has 5 amide bonds. The number of alkyl halides is 1. The normalized spacial score (nSPS) is 19.7. The van der Waals surface area contributed by atoms with Gasteiger partial charge >= 0.3 is 0 Å². The smallest absolute Gasteiger partial charge is 0.258 e. The summed E-state index contributed by atoms with van der Waals surface area (Å²) in [5.41, 5.74) is 8.43. The van der Waals surface area contributed by atoms with Crippen LogP contribution in [0.3, 0.4) is 0 Å². The second-order valence-corrected chi connectivity index (χ2v) is 24.0. The van der Waals surface area contributed by atoms with Gasteiger partial charge < -0.3 is 41.1 Å². The highest BCUT2D eigenvalue weighted by molar-refractivity contribution is 7.99. The van der Waals surface area contributed by atoms with E-state index < -0.39 is 35.0 Å². The van der Waals surface area contributed by atoms with E-state index >= 15 is 0 Å². The maximum absolute atomic E-state index is 14.8. The minimum absolute atomic E-state index is 0.143. The fourth-order valence-electron chi connectivity index (χ4n) is 9.99. The largest absolute Gasteiger partial charge is 0.493 e. The Balaban J connectivity index is 0.807. The van der Waals surface area contributed by atoms with Gasteiger partial charge in [0.05, 0.1) is 45.8 Å². The Morgan fingerprint density at radius 3 is 2.47 bits per heavy atom. The summed E-state index contributed by atoms with van der Waals surface area (Å²) in [4.78, 5) is 88.5. The number of hydrogen-bond donors (Lipinski definition) is 4. The number of likely N-dealkylation sites (tertiary alicyclic amines) is 2. The molecule has 75 heavy (non-hydrogen) atoms. The van der Waals surface area contributed by atoms with Crippen LogP contribution in [0.4, 0.5) is 15.9 Å². The lowest BCUT2D eigenvalue weighted by molar-refractivity contribution is -0.145. The number of piperidine rings is 1. The number of nitrogens with one attached hydrogen (secondary N) is 3. The lowest BCUT2D eigenvalue weighted by Gasteiger charge is -2.37. The van der Waals surface area contributed by atoms with Gasteiger partial charge in [-0.3, -0.25) is 24.0 Å². The first kappa shape index (κ1) is 55.9. The third-order valence-corrected chi connectivity index (χ3v) is 18.0. The second-order valence-electron chi connectivity index (χ2n) is 21.7. The second kappa shape index (κ2) is 24.3. The summed E-state index contributed by atoms with van der Waals surface area (Å²) in [6.07, 6.45) is 11.2. The lowest BCUT2D eigenvalue weighted by atomic mass is 9.80. The number of ether oxygens (including phenoxy) is 1. The van der Waals surface area contributed by atoms with Gasteiger partial charge in [0, 0.05) is 55.3 Å². The SMILES string of the molecule is CCC(C)(C)[C@H](NC(=O)C1(F)CC1)C(=O)N1CCCC1C(=O)NCc1ccc(-c2scnc2C)cc1OCCCC1CCCN(C(=O)CC(=O)Nc2cccc(Sc3cnc(N4CCC(C)(N)CC4)cn3)c2Cl)CC1. The van der Waals surface area contributed by atoms with Gasteiger partial charge in [0.15, 0.2) is 5.67 Å². The summed E-state index contributed by atoms with van der Waals surface area (Å²) in [5, 5.41) is 9.66. The summed E-state index contributed by atoms with van der Waals surface area (Å²) >= 11 is 9.68. The molecule has 4 aromatic rings. The van der Waals surface area contributed by atoms with E-state index in [4.69, 9.17) is 22.1 Å². The van der Waals surface area contributed by atoms with Crippen LogP contribution in [0.2, 0.25) is 5.02 Å². The molecule has 3 aliphatic heterocycles. The molecular weight excluding hydrogens is 1020 g/mol. The Morgan fingerprint density at radius 1 is 0.987 bits per heavy atom. The van der Waals surface area contributed by atoms with E-state index in [1.807, 2.05) is 57.5 Å². The van der Waals surface area contributed by atoms with Crippen LogP contribution in [0, 0.1) is 18.3 Å². The molecule has 5 heterocycles. The Bertz CT molecular complexity index is 2690. The first-order chi connectivity index (χ1) is 35.8. The van der Waals surface area contributed by atoms with Crippen molar-refractivity contribution in [3.8, 4) is 16.2 Å². The van der Waals surface area contributed by atoms with Crippen LogP contribution in [-0.2, 0) is 30.5 Å². The molecule has 0 radical (unpaired) electrons. The number of thiazole rings is 1. The van der Waals surface area contributed by atoms with Gasteiger partial charge in [-0.15, -0.1) is 11.3 Å². The highest BCUT2D eigenvalue weighted by Crippen LogP contribution is 2.41. The fraction of sp³-hybridized carbons (Fsp3) is 0.564. The van der Waals surface area contributed by atoms with E-state index in [1.54, 1.807) is 45.7 Å². The van der Waals surface area contributed by atoms with Crippen LogP contribution >= 0.6 is 34.7 Å². The molecule has 8 rings (SSSR count). The predicted molar refractivity (Wildman–Crippen MR) is 291 cm³/mol. The van der Waals surface area contributed by atoms with Gasteiger partial charge in [-0.1, -0.05) is 62.3 Å². The number of halogens is 2. The van der Waals surface area contributed by atoms with Crippen molar-refractivity contribution in [3.05, 3.63) is 70.6 Å². The van der Waals surface area contributed by atoms with E-state index in [2.05, 4.69) is 42.7 Å². The molecule has 20 heteroatoms. The van der Waals surface area contributed by atoms with Gasteiger partial charge in [0.25, 0.3) is 5.91 Å². The quantitative estimate of drug-likeness (QED) is 0.0484. The van der Waals surface area contributed by atoms with Gasteiger partial charge in [-0.05, 0) is 126 Å². The maximum Gasteiger partial charge on any atom is 0.258 e. The fourth-order valence-corrected chi connectivity index (χ4v) is 11.9. The van der Waals surface area contributed by atoms with Crippen molar-refractivity contribution in [2.45, 2.75) is 158 Å². The highest BCUT2D eigenvalue weighted by atomic mass is 35.5. The van der Waals surface area contributed by atoms with Gasteiger partial charge in [-0.25, -0.2) is 19.3 Å². The molecule has 1 saturated carbocycles. The average Bonchev–Trinajstić information content (AvgIpc) is 3.82. The molecule has 3 saturated heterocycles. The summed E-state index contributed by atoms with van der Waals surface area (Å²) in [6, 6.07) is 9.61. The van der Waals surface area contributed by atoms with Crippen molar-refractivity contribution in [3.63, 3.8) is 0 Å². The molecule has 0 bridgehead atoms. The summed E-state index contributed by atoms with van der Waals surface area (Å²) in [6.45, 7) is 13.5. The first-order valence-electron chi connectivity index (χ1n) is 26.5. The van der Waals surface area contributed by atoms with Gasteiger partial charge in [0.2, 0.25) is 23.6 Å². The lowest BCUT2D eigenvalue weighted by Crippen LogP contribution is -2.59. The number of carbonyl (C=O) groups is 5. The van der Waals surface area contributed by atoms with Crippen molar-refractivity contribution < 1.29 is 33.1 Å². The topological polar surface area (TPSA) is 205 Å². The van der Waals surface area contributed by atoms with Crippen LogP contribution in [0.1, 0.15) is 122 Å². The first-order valence-corrected chi connectivity index (χ1v) is 28.5. The molecule has 2 unspecified atom stereocenters. The maximum atomic E-state index is 14.8. The predicted octanol–water partition coefficient (Wildman–Crippen LogP) is 8.88. The van der Waals surface area contributed by atoms with Crippen LogP contribution in [-0.4, -0.2) is 117 Å². The molecule has 3 atom stereocenters. The third-order valence-electron chi connectivity index (χ3n) is 15.5. The van der Waals surface area contributed by atoms with Crippen LogP contribution < -0.4 is 31.3 Å². The average molecular weight is 1090 g/mol. The number of amides is 5. The van der Waals surface area contributed by atoms with E-state index in [0.717, 1.165) is 85.6 Å². The molecule has 2 aromatic carbocycles. The number of carbonyl (C=O) groups excluding carboxylic acids is 5. The van der Waals surface area contributed by atoms with E-state index in [0.29, 0.717) is 77.8 Å². The summed E-state index contributed by atoms with van der Waals surface area (Å²) < 4.78 is 21.3. The number of anilines is 2. The van der Waals surface area contributed by atoms with Gasteiger partial charge in [0.1, 0.15) is 35.1 Å². The Hall–Kier alpha value is -5.37. The van der Waals surface area contributed by atoms with Crippen molar-refractivity contribution in [2.75, 3.05) is 49.5 Å². The summed E-state index contributed by atoms with van der Waals surface area (Å²) in [5.74, 6) is -0.266. The minimum Gasteiger partial charge on any atom is -0.493 e. The number of rotatable bonds is 20. The third kappa shape index (κ3) is 14.2. The van der Waals surface area contributed by atoms with Gasteiger partial charge in [-0.2, -0.15) is 0 Å². The molecule has 16 nitrogen and oxygen atoms in total. The molecule has 1 aliphatic carbocycles. The number of hydrogen-bond acceptors (Lipinski definition) is 13.